The lowest BCUT2D eigenvalue weighted by Gasteiger charge is -2.13. The summed E-state index contributed by atoms with van der Waals surface area (Å²) in [6.07, 6.45) is 0. The Hall–Kier alpha value is -2.50. The first-order chi connectivity index (χ1) is 10.0. The normalized spacial score (nSPS) is 10.3. The van der Waals surface area contributed by atoms with Gasteiger partial charge in [0, 0.05) is 5.56 Å². The first-order valence-electron chi connectivity index (χ1n) is 6.31. The summed E-state index contributed by atoms with van der Waals surface area (Å²) in [5.74, 6) is 1.82. The molecule has 0 aliphatic carbocycles. The molecule has 2 aromatic rings. The molecule has 0 atom stereocenters. The molecule has 1 aromatic carbocycles. The third-order valence-electron chi connectivity index (χ3n) is 3.15. The van der Waals surface area contributed by atoms with Crippen molar-refractivity contribution in [3.63, 3.8) is 0 Å². The molecule has 0 aliphatic rings. The minimum Gasteiger partial charge on any atom is -0.493 e. The number of aromatic nitrogens is 1. The van der Waals surface area contributed by atoms with E-state index in [1.807, 2.05) is 0 Å². The maximum absolute atomic E-state index is 11.8. The van der Waals surface area contributed by atoms with Gasteiger partial charge in [-0.05, 0) is 26.0 Å². The van der Waals surface area contributed by atoms with Crippen LogP contribution in [0.25, 0.3) is 11.3 Å². The Bertz CT molecular complexity index is 650. The largest absolute Gasteiger partial charge is 0.493 e. The van der Waals surface area contributed by atoms with Crippen LogP contribution in [0.15, 0.2) is 16.7 Å². The highest BCUT2D eigenvalue weighted by Crippen LogP contribution is 2.41. The van der Waals surface area contributed by atoms with Crippen molar-refractivity contribution in [2.45, 2.75) is 13.8 Å². The van der Waals surface area contributed by atoms with Gasteiger partial charge in [-0.2, -0.15) is 0 Å². The highest BCUT2D eigenvalue weighted by atomic mass is 16.5. The molecule has 0 aliphatic heterocycles. The van der Waals surface area contributed by atoms with E-state index in [1.54, 1.807) is 19.1 Å². The lowest BCUT2D eigenvalue weighted by molar-refractivity contribution is 0.101. The third-order valence-corrected chi connectivity index (χ3v) is 3.15. The molecule has 2 rings (SSSR count). The molecule has 1 heterocycles. The highest BCUT2D eigenvalue weighted by molar-refractivity contribution is 6.00. The number of methoxy groups -OCH3 is 3. The van der Waals surface area contributed by atoms with Crippen LogP contribution in [0, 0.1) is 6.92 Å². The SMILES string of the molecule is COc1cc(-c2noc(C)c2C(C)=O)cc(OC)c1OC. The molecule has 0 fully saturated rings. The summed E-state index contributed by atoms with van der Waals surface area (Å²) < 4.78 is 21.0. The molecular weight excluding hydrogens is 274 g/mol. The lowest BCUT2D eigenvalue weighted by Crippen LogP contribution is -1.98. The fourth-order valence-corrected chi connectivity index (χ4v) is 2.20. The second-order valence-corrected chi connectivity index (χ2v) is 4.43. The van der Waals surface area contributed by atoms with Gasteiger partial charge in [-0.15, -0.1) is 0 Å². The zero-order valence-electron chi connectivity index (χ0n) is 12.6. The zero-order chi connectivity index (χ0) is 15.6. The number of nitrogens with zero attached hydrogens (tertiary/aromatic N) is 1. The molecule has 1 aromatic heterocycles. The molecule has 0 N–H and O–H groups in total. The van der Waals surface area contributed by atoms with Crippen LogP contribution in [0.4, 0.5) is 0 Å². The number of benzene rings is 1. The number of hydrogen-bond donors (Lipinski definition) is 0. The van der Waals surface area contributed by atoms with Crippen LogP contribution in [-0.4, -0.2) is 32.3 Å². The van der Waals surface area contributed by atoms with Crippen molar-refractivity contribution < 1.29 is 23.5 Å². The second kappa shape index (κ2) is 5.87. The van der Waals surface area contributed by atoms with Gasteiger partial charge in [0.2, 0.25) is 5.75 Å². The van der Waals surface area contributed by atoms with Gasteiger partial charge in [-0.3, -0.25) is 4.79 Å². The molecule has 0 saturated heterocycles. The summed E-state index contributed by atoms with van der Waals surface area (Å²) in [7, 11) is 4.59. The first-order valence-corrected chi connectivity index (χ1v) is 6.31. The van der Waals surface area contributed by atoms with Crippen LogP contribution >= 0.6 is 0 Å². The fourth-order valence-electron chi connectivity index (χ4n) is 2.20. The van der Waals surface area contributed by atoms with E-state index in [1.165, 1.54) is 28.3 Å². The highest BCUT2D eigenvalue weighted by Gasteiger charge is 2.22. The molecule has 0 bridgehead atoms. The van der Waals surface area contributed by atoms with Crippen molar-refractivity contribution in [3.8, 4) is 28.5 Å². The van der Waals surface area contributed by atoms with Gasteiger partial charge in [0.25, 0.3) is 0 Å². The van der Waals surface area contributed by atoms with E-state index < -0.39 is 0 Å². The number of carbonyl (C=O) groups is 1. The van der Waals surface area contributed by atoms with Gasteiger partial charge in [0.05, 0.1) is 26.9 Å². The number of aryl methyl sites for hydroxylation is 1. The van der Waals surface area contributed by atoms with E-state index in [9.17, 15) is 4.79 Å². The summed E-state index contributed by atoms with van der Waals surface area (Å²) in [5.41, 5.74) is 1.56. The molecule has 0 amide bonds. The average molecular weight is 291 g/mol. The predicted molar refractivity (Wildman–Crippen MR) is 76.3 cm³/mol. The van der Waals surface area contributed by atoms with Gasteiger partial charge < -0.3 is 18.7 Å². The third kappa shape index (κ3) is 2.56. The number of rotatable bonds is 5. The van der Waals surface area contributed by atoms with Crippen LogP contribution in [0.2, 0.25) is 0 Å². The summed E-state index contributed by atoms with van der Waals surface area (Å²) in [6.45, 7) is 3.17. The molecule has 6 heteroatoms. The Morgan fingerprint density at radius 1 is 1.10 bits per heavy atom. The molecule has 0 spiro atoms. The number of hydrogen-bond acceptors (Lipinski definition) is 6. The molecule has 0 unspecified atom stereocenters. The van der Waals surface area contributed by atoms with Gasteiger partial charge >= 0.3 is 0 Å². The Balaban J connectivity index is 2.68. The van der Waals surface area contributed by atoms with Crippen molar-refractivity contribution in [3.05, 3.63) is 23.5 Å². The zero-order valence-corrected chi connectivity index (χ0v) is 12.6. The molecular formula is C15H17NO5. The van der Waals surface area contributed by atoms with E-state index in [4.69, 9.17) is 18.7 Å². The Morgan fingerprint density at radius 2 is 1.67 bits per heavy atom. The standard InChI is InChI=1S/C15H17NO5/c1-8(17)13-9(2)21-16-14(13)10-6-11(18-3)15(20-5)12(7-10)19-4/h6-7H,1-5H3. The Morgan fingerprint density at radius 3 is 2.10 bits per heavy atom. The fraction of sp³-hybridized carbons (Fsp3) is 0.333. The molecule has 6 nitrogen and oxygen atoms in total. The smallest absolute Gasteiger partial charge is 0.203 e. The summed E-state index contributed by atoms with van der Waals surface area (Å²) >= 11 is 0. The summed E-state index contributed by atoms with van der Waals surface area (Å²) in [4.78, 5) is 11.8. The monoisotopic (exact) mass is 291 g/mol. The minimum atomic E-state index is -0.113. The van der Waals surface area contributed by atoms with E-state index in [0.29, 0.717) is 39.8 Å². The average Bonchev–Trinajstić information content (AvgIpc) is 2.87. The predicted octanol–water partition coefficient (Wildman–Crippen LogP) is 2.88. The Labute approximate surface area is 122 Å². The number of ketones is 1. The van der Waals surface area contributed by atoms with Crippen molar-refractivity contribution in [2.75, 3.05) is 21.3 Å². The van der Waals surface area contributed by atoms with E-state index in [2.05, 4.69) is 5.16 Å². The maximum atomic E-state index is 11.8. The van der Waals surface area contributed by atoms with Crippen molar-refractivity contribution in [2.24, 2.45) is 0 Å². The van der Waals surface area contributed by atoms with Gasteiger partial charge in [0.1, 0.15) is 11.5 Å². The number of ether oxygens (including phenoxy) is 3. The topological polar surface area (TPSA) is 70.8 Å². The Kier molecular flexibility index (Phi) is 4.16. The van der Waals surface area contributed by atoms with Gasteiger partial charge in [-0.1, -0.05) is 5.16 Å². The quantitative estimate of drug-likeness (QED) is 0.789. The molecule has 0 saturated carbocycles. The van der Waals surface area contributed by atoms with Crippen molar-refractivity contribution >= 4 is 5.78 Å². The first kappa shape index (κ1) is 14.9. The van der Waals surface area contributed by atoms with Crippen LogP contribution in [0.3, 0.4) is 0 Å². The minimum absolute atomic E-state index is 0.113. The maximum Gasteiger partial charge on any atom is 0.203 e. The molecule has 112 valence electrons. The van der Waals surface area contributed by atoms with Crippen LogP contribution in [-0.2, 0) is 0 Å². The molecule has 21 heavy (non-hydrogen) atoms. The van der Waals surface area contributed by atoms with E-state index in [-0.39, 0.29) is 5.78 Å². The lowest BCUT2D eigenvalue weighted by atomic mass is 10.0. The summed E-state index contributed by atoms with van der Waals surface area (Å²) in [6, 6.07) is 3.45. The van der Waals surface area contributed by atoms with Gasteiger partial charge in [-0.25, -0.2) is 0 Å². The van der Waals surface area contributed by atoms with Crippen LogP contribution < -0.4 is 14.2 Å². The number of carbonyl (C=O) groups excluding carboxylic acids is 1. The van der Waals surface area contributed by atoms with Crippen molar-refractivity contribution in [1.82, 2.24) is 5.16 Å². The van der Waals surface area contributed by atoms with Crippen LogP contribution in [0.5, 0.6) is 17.2 Å². The summed E-state index contributed by atoms with van der Waals surface area (Å²) in [5, 5.41) is 3.97. The van der Waals surface area contributed by atoms with Crippen molar-refractivity contribution in [1.29, 1.82) is 0 Å². The van der Waals surface area contributed by atoms with Crippen LogP contribution in [0.1, 0.15) is 23.0 Å². The number of Topliss-reactive ketones (excluding diaryl/α,β-unsaturated/α-hetero) is 1. The van der Waals surface area contributed by atoms with Gasteiger partial charge in [0.15, 0.2) is 17.3 Å². The van der Waals surface area contributed by atoms with E-state index in [0.717, 1.165) is 0 Å². The van der Waals surface area contributed by atoms with E-state index >= 15 is 0 Å². The second-order valence-electron chi connectivity index (χ2n) is 4.43. The molecule has 0 radical (unpaired) electrons.